The van der Waals surface area contributed by atoms with Gasteiger partial charge in [0.05, 0.1) is 6.42 Å². The van der Waals surface area contributed by atoms with Crippen LogP contribution in [0.15, 0.2) is 71.3 Å². The van der Waals surface area contributed by atoms with Crippen molar-refractivity contribution in [2.24, 2.45) is 0 Å². The highest BCUT2D eigenvalue weighted by Gasteiger charge is 2.42. The van der Waals surface area contributed by atoms with E-state index in [4.69, 9.17) is 4.74 Å². The van der Waals surface area contributed by atoms with Crippen LogP contribution in [-0.4, -0.2) is 16.8 Å². The van der Waals surface area contributed by atoms with E-state index < -0.39 is 11.6 Å². The smallest absolute Gasteiger partial charge is 0.348 e. The minimum absolute atomic E-state index is 0.150. The summed E-state index contributed by atoms with van der Waals surface area (Å²) in [5.41, 5.74) is 1.39. The number of carbonyl (C=O) groups is 1. The first-order valence-corrected chi connectivity index (χ1v) is 10.0. The summed E-state index contributed by atoms with van der Waals surface area (Å²) in [4.78, 5) is 13.0. The van der Waals surface area contributed by atoms with Crippen LogP contribution in [0.4, 0.5) is 0 Å². The third-order valence-electron chi connectivity index (χ3n) is 4.62. The number of hydrogen-bond donors (Lipinski definition) is 1. The zero-order valence-electron chi connectivity index (χ0n) is 15.0. The second-order valence-corrected chi connectivity index (χ2v) is 7.64. The summed E-state index contributed by atoms with van der Waals surface area (Å²) in [6.07, 6.45) is 2.74. The van der Waals surface area contributed by atoms with Gasteiger partial charge >= 0.3 is 5.97 Å². The maximum atomic E-state index is 12.6. The monoisotopic (exact) mass is 368 g/mol. The first-order valence-electron chi connectivity index (χ1n) is 9.02. The van der Waals surface area contributed by atoms with Crippen molar-refractivity contribution in [1.82, 2.24) is 0 Å². The van der Waals surface area contributed by atoms with Crippen LogP contribution in [0.5, 0.6) is 0 Å². The van der Waals surface area contributed by atoms with E-state index in [1.807, 2.05) is 48.5 Å². The molecule has 0 fully saturated rings. The lowest BCUT2D eigenvalue weighted by Gasteiger charge is -2.37. The number of rotatable bonds is 7. The second kappa shape index (κ2) is 8.45. The topological polar surface area (TPSA) is 46.5 Å². The Morgan fingerprint density at radius 2 is 1.73 bits per heavy atom. The van der Waals surface area contributed by atoms with Crippen molar-refractivity contribution in [2.45, 2.75) is 38.2 Å². The van der Waals surface area contributed by atoms with Gasteiger partial charge in [0, 0.05) is 5.75 Å². The molecule has 2 aromatic rings. The molecule has 0 aliphatic carbocycles. The minimum atomic E-state index is -0.763. The molecule has 0 aromatic heterocycles. The summed E-state index contributed by atoms with van der Waals surface area (Å²) >= 11 is 1.38. The SMILES string of the molecule is CCCC1(c2ccccc2)CC(O)=C(SCCc2ccccc2)C(=O)O1. The van der Waals surface area contributed by atoms with Crippen LogP contribution < -0.4 is 0 Å². The fourth-order valence-electron chi connectivity index (χ4n) is 3.38. The molecule has 2 aromatic carbocycles. The Kier molecular flexibility index (Phi) is 6.04. The number of thioether (sulfide) groups is 1. The van der Waals surface area contributed by atoms with Gasteiger partial charge in [-0.1, -0.05) is 74.0 Å². The summed E-state index contributed by atoms with van der Waals surface area (Å²) in [6.45, 7) is 2.06. The normalized spacial score (nSPS) is 20.1. The second-order valence-electron chi connectivity index (χ2n) is 6.54. The fraction of sp³-hybridized carbons (Fsp3) is 0.318. The molecule has 0 amide bonds. The molecule has 136 valence electrons. The lowest BCUT2D eigenvalue weighted by Crippen LogP contribution is -2.37. The maximum absolute atomic E-state index is 12.6. The van der Waals surface area contributed by atoms with Crippen molar-refractivity contribution in [3.63, 3.8) is 0 Å². The highest BCUT2D eigenvalue weighted by Crippen LogP contribution is 2.43. The molecule has 0 radical (unpaired) electrons. The van der Waals surface area contributed by atoms with Gasteiger partial charge in [0.2, 0.25) is 0 Å². The molecule has 0 bridgehead atoms. The lowest BCUT2D eigenvalue weighted by molar-refractivity contribution is -0.160. The molecule has 1 N–H and O–H groups in total. The number of aliphatic hydroxyl groups is 1. The number of esters is 1. The fourth-order valence-corrected chi connectivity index (χ4v) is 4.32. The van der Waals surface area contributed by atoms with Gasteiger partial charge < -0.3 is 9.84 Å². The van der Waals surface area contributed by atoms with E-state index in [2.05, 4.69) is 19.1 Å². The van der Waals surface area contributed by atoms with E-state index in [1.54, 1.807) is 0 Å². The van der Waals surface area contributed by atoms with Gasteiger partial charge in [0.25, 0.3) is 0 Å². The zero-order chi connectivity index (χ0) is 18.4. The van der Waals surface area contributed by atoms with Crippen LogP contribution in [0, 0.1) is 0 Å². The summed E-state index contributed by atoms with van der Waals surface area (Å²) < 4.78 is 5.91. The first kappa shape index (κ1) is 18.6. The number of ether oxygens (including phenoxy) is 1. The van der Waals surface area contributed by atoms with E-state index in [-0.39, 0.29) is 5.76 Å². The van der Waals surface area contributed by atoms with Crippen LogP contribution in [0.2, 0.25) is 0 Å². The standard InChI is InChI=1S/C22H24O3S/c1-2-14-22(18-11-7-4-8-12-18)16-19(23)20(21(24)25-22)26-15-13-17-9-5-3-6-10-17/h3-12,23H,2,13-16H2,1H3. The molecule has 1 unspecified atom stereocenters. The Hall–Kier alpha value is -2.20. The molecule has 1 atom stereocenters. The van der Waals surface area contributed by atoms with E-state index in [9.17, 15) is 9.90 Å². The average Bonchev–Trinajstić information content (AvgIpc) is 2.66. The van der Waals surface area contributed by atoms with E-state index in [0.29, 0.717) is 17.7 Å². The molecule has 0 spiro atoms. The van der Waals surface area contributed by atoms with Crippen molar-refractivity contribution < 1.29 is 14.6 Å². The molecular weight excluding hydrogens is 344 g/mol. The number of hydrogen-bond acceptors (Lipinski definition) is 4. The van der Waals surface area contributed by atoms with Crippen molar-refractivity contribution in [3.8, 4) is 0 Å². The summed E-state index contributed by atoms with van der Waals surface area (Å²) in [6, 6.07) is 19.9. The van der Waals surface area contributed by atoms with E-state index in [0.717, 1.165) is 24.2 Å². The van der Waals surface area contributed by atoms with Crippen LogP contribution >= 0.6 is 11.8 Å². The van der Waals surface area contributed by atoms with E-state index in [1.165, 1.54) is 17.3 Å². The number of benzene rings is 2. The molecule has 0 saturated carbocycles. The van der Waals surface area contributed by atoms with Gasteiger partial charge in [0.1, 0.15) is 16.3 Å². The van der Waals surface area contributed by atoms with Gasteiger partial charge in [0.15, 0.2) is 0 Å². The van der Waals surface area contributed by atoms with Gasteiger partial charge in [-0.2, -0.15) is 0 Å². The zero-order valence-corrected chi connectivity index (χ0v) is 15.8. The first-order chi connectivity index (χ1) is 12.6. The molecule has 26 heavy (non-hydrogen) atoms. The highest BCUT2D eigenvalue weighted by molar-refractivity contribution is 8.04. The van der Waals surface area contributed by atoms with Gasteiger partial charge in [-0.3, -0.25) is 0 Å². The van der Waals surface area contributed by atoms with Gasteiger partial charge in [-0.15, -0.1) is 11.8 Å². The third kappa shape index (κ3) is 4.13. The van der Waals surface area contributed by atoms with Crippen LogP contribution in [0.25, 0.3) is 0 Å². The molecule has 3 rings (SSSR count). The Morgan fingerprint density at radius 3 is 2.35 bits per heavy atom. The number of aliphatic hydroxyl groups excluding tert-OH is 1. The summed E-state index contributed by atoms with van der Waals surface area (Å²) in [5.74, 6) is 0.464. The molecule has 4 heteroatoms. The average molecular weight is 368 g/mol. The number of cyclic esters (lactones) is 1. The third-order valence-corrected chi connectivity index (χ3v) is 5.72. The largest absolute Gasteiger partial charge is 0.511 e. The summed E-state index contributed by atoms with van der Waals surface area (Å²) in [5, 5.41) is 10.6. The molecule has 1 aliphatic rings. The Labute approximate surface area is 159 Å². The van der Waals surface area contributed by atoms with Crippen LogP contribution in [0.3, 0.4) is 0 Å². The quantitative estimate of drug-likeness (QED) is 0.667. The van der Waals surface area contributed by atoms with Crippen LogP contribution in [0.1, 0.15) is 37.3 Å². The Morgan fingerprint density at radius 1 is 1.08 bits per heavy atom. The van der Waals surface area contributed by atoms with Crippen molar-refractivity contribution in [3.05, 3.63) is 82.5 Å². The predicted octanol–water partition coefficient (Wildman–Crippen LogP) is 5.37. The van der Waals surface area contributed by atoms with Crippen molar-refractivity contribution in [2.75, 3.05) is 5.75 Å². The Balaban J connectivity index is 1.74. The van der Waals surface area contributed by atoms with Crippen LogP contribution in [-0.2, 0) is 21.6 Å². The predicted molar refractivity (Wildman–Crippen MR) is 106 cm³/mol. The number of carbonyl (C=O) groups excluding carboxylic acids is 1. The Bertz CT molecular complexity index is 770. The molecule has 3 nitrogen and oxygen atoms in total. The maximum Gasteiger partial charge on any atom is 0.348 e. The molecular formula is C22H24O3S. The van der Waals surface area contributed by atoms with Crippen molar-refractivity contribution >= 4 is 17.7 Å². The van der Waals surface area contributed by atoms with Crippen molar-refractivity contribution in [1.29, 1.82) is 0 Å². The molecule has 1 heterocycles. The minimum Gasteiger partial charge on any atom is -0.511 e. The van der Waals surface area contributed by atoms with Gasteiger partial charge in [-0.25, -0.2) is 4.79 Å². The number of aryl methyl sites for hydroxylation is 1. The molecule has 0 saturated heterocycles. The summed E-state index contributed by atoms with van der Waals surface area (Å²) in [7, 11) is 0. The van der Waals surface area contributed by atoms with Gasteiger partial charge in [-0.05, 0) is 24.0 Å². The lowest BCUT2D eigenvalue weighted by atomic mass is 9.84. The highest BCUT2D eigenvalue weighted by atomic mass is 32.2. The van der Waals surface area contributed by atoms with E-state index >= 15 is 0 Å². The molecule has 1 aliphatic heterocycles.